The van der Waals surface area contributed by atoms with Crippen molar-refractivity contribution in [3.05, 3.63) is 24.0 Å². The van der Waals surface area contributed by atoms with Crippen molar-refractivity contribution in [2.24, 2.45) is 0 Å². The van der Waals surface area contributed by atoms with Gasteiger partial charge >= 0.3 is 0 Å². The number of piperazine rings is 1. The van der Waals surface area contributed by atoms with Gasteiger partial charge in [-0.2, -0.15) is 0 Å². The molecule has 0 unspecified atom stereocenters. The van der Waals surface area contributed by atoms with E-state index < -0.39 is 0 Å². The minimum Gasteiger partial charge on any atom is -0.397 e. The van der Waals surface area contributed by atoms with Gasteiger partial charge in [0.25, 0.3) is 0 Å². The molecule has 5 heteroatoms. The van der Waals surface area contributed by atoms with Crippen LogP contribution in [0.25, 0.3) is 0 Å². The Morgan fingerprint density at radius 2 is 2.00 bits per heavy atom. The van der Waals surface area contributed by atoms with Crippen LogP contribution in [-0.4, -0.2) is 51.3 Å². The van der Waals surface area contributed by atoms with Crippen molar-refractivity contribution in [3.8, 4) is 0 Å². The Bertz CT molecular complexity index is 406. The summed E-state index contributed by atoms with van der Waals surface area (Å²) in [7, 11) is 1.73. The molecule has 1 saturated heterocycles. The Morgan fingerprint density at radius 3 is 2.63 bits per heavy atom. The Morgan fingerprint density at radius 1 is 1.26 bits per heavy atom. The largest absolute Gasteiger partial charge is 0.397 e. The van der Waals surface area contributed by atoms with Crippen LogP contribution >= 0.6 is 0 Å². The summed E-state index contributed by atoms with van der Waals surface area (Å²) in [6.45, 7) is 5.78. The molecule has 2 rings (SSSR count). The van der Waals surface area contributed by atoms with Crippen LogP contribution in [0, 0.1) is 5.82 Å². The number of hydrogen-bond acceptors (Lipinski definition) is 4. The third-order valence-corrected chi connectivity index (χ3v) is 3.53. The predicted octanol–water partition coefficient (Wildman–Crippen LogP) is 1.57. The molecule has 0 spiro atoms. The van der Waals surface area contributed by atoms with Crippen molar-refractivity contribution in [2.45, 2.75) is 6.42 Å². The molecule has 1 aromatic rings. The van der Waals surface area contributed by atoms with E-state index in [-0.39, 0.29) is 5.82 Å². The number of nitrogens with two attached hydrogens (primary N) is 1. The van der Waals surface area contributed by atoms with Gasteiger partial charge in [-0.3, -0.25) is 4.90 Å². The normalized spacial score (nSPS) is 16.8. The Hall–Kier alpha value is -1.33. The number of nitrogens with zero attached hydrogens (tertiary/aromatic N) is 2. The molecule has 1 aliphatic heterocycles. The molecule has 2 N–H and O–H groups in total. The van der Waals surface area contributed by atoms with Crippen LogP contribution in [0.15, 0.2) is 18.2 Å². The second kappa shape index (κ2) is 6.73. The predicted molar refractivity (Wildman–Crippen MR) is 76.0 cm³/mol. The van der Waals surface area contributed by atoms with E-state index in [0.717, 1.165) is 51.4 Å². The van der Waals surface area contributed by atoms with Crippen molar-refractivity contribution >= 4 is 11.4 Å². The maximum Gasteiger partial charge on any atom is 0.125 e. The molecule has 1 heterocycles. The molecule has 0 aromatic heterocycles. The number of rotatable bonds is 5. The van der Waals surface area contributed by atoms with Gasteiger partial charge in [0.1, 0.15) is 5.82 Å². The van der Waals surface area contributed by atoms with E-state index in [1.54, 1.807) is 13.2 Å². The first-order valence-corrected chi connectivity index (χ1v) is 6.72. The molecule has 0 radical (unpaired) electrons. The SMILES string of the molecule is COCCCN1CCN(c2ccc(F)cc2N)CC1. The summed E-state index contributed by atoms with van der Waals surface area (Å²) in [5, 5.41) is 0. The summed E-state index contributed by atoms with van der Waals surface area (Å²) in [6.07, 6.45) is 1.06. The molecule has 0 aliphatic carbocycles. The lowest BCUT2D eigenvalue weighted by molar-refractivity contribution is 0.169. The first kappa shape index (κ1) is 14.1. The average molecular weight is 267 g/mol. The smallest absolute Gasteiger partial charge is 0.125 e. The van der Waals surface area contributed by atoms with Crippen molar-refractivity contribution in [1.29, 1.82) is 0 Å². The van der Waals surface area contributed by atoms with Crippen LogP contribution in [0.1, 0.15) is 6.42 Å². The summed E-state index contributed by atoms with van der Waals surface area (Å²) in [6, 6.07) is 4.63. The number of anilines is 2. The van der Waals surface area contributed by atoms with Gasteiger partial charge in [-0.25, -0.2) is 4.39 Å². The first-order valence-electron chi connectivity index (χ1n) is 6.72. The maximum absolute atomic E-state index is 13.0. The third-order valence-electron chi connectivity index (χ3n) is 3.53. The topological polar surface area (TPSA) is 41.7 Å². The molecule has 19 heavy (non-hydrogen) atoms. The number of benzene rings is 1. The third kappa shape index (κ3) is 3.81. The lowest BCUT2D eigenvalue weighted by Gasteiger charge is -2.36. The highest BCUT2D eigenvalue weighted by Gasteiger charge is 2.18. The highest BCUT2D eigenvalue weighted by Crippen LogP contribution is 2.24. The fourth-order valence-corrected chi connectivity index (χ4v) is 2.46. The van der Waals surface area contributed by atoms with Crippen LogP contribution in [0.2, 0.25) is 0 Å². The highest BCUT2D eigenvalue weighted by atomic mass is 19.1. The number of methoxy groups -OCH3 is 1. The van der Waals surface area contributed by atoms with Crippen molar-refractivity contribution in [3.63, 3.8) is 0 Å². The van der Waals surface area contributed by atoms with E-state index in [4.69, 9.17) is 10.5 Å². The molecule has 0 amide bonds. The van der Waals surface area contributed by atoms with Crippen LogP contribution in [0.5, 0.6) is 0 Å². The molecule has 1 aliphatic rings. The molecule has 0 saturated carbocycles. The fraction of sp³-hybridized carbons (Fsp3) is 0.571. The van der Waals surface area contributed by atoms with Gasteiger partial charge in [-0.05, 0) is 24.6 Å². The first-order chi connectivity index (χ1) is 9.20. The van der Waals surface area contributed by atoms with Crippen LogP contribution in [0.4, 0.5) is 15.8 Å². The summed E-state index contributed by atoms with van der Waals surface area (Å²) in [4.78, 5) is 4.65. The van der Waals surface area contributed by atoms with E-state index in [0.29, 0.717) is 5.69 Å². The van der Waals surface area contributed by atoms with Gasteiger partial charge in [0.15, 0.2) is 0 Å². The second-order valence-corrected chi connectivity index (χ2v) is 4.88. The molecule has 4 nitrogen and oxygen atoms in total. The van der Waals surface area contributed by atoms with Crippen LogP contribution in [0.3, 0.4) is 0 Å². The van der Waals surface area contributed by atoms with Crippen molar-refractivity contribution < 1.29 is 9.13 Å². The van der Waals surface area contributed by atoms with Crippen LogP contribution < -0.4 is 10.6 Å². The number of nitrogen functional groups attached to an aromatic ring is 1. The molecule has 0 bridgehead atoms. The molecular formula is C14H22FN3O. The zero-order valence-corrected chi connectivity index (χ0v) is 11.4. The summed E-state index contributed by atoms with van der Waals surface area (Å²) in [5.41, 5.74) is 7.34. The van der Waals surface area contributed by atoms with E-state index in [1.165, 1.54) is 12.1 Å². The van der Waals surface area contributed by atoms with E-state index in [9.17, 15) is 4.39 Å². The van der Waals surface area contributed by atoms with Gasteiger partial charge in [-0.1, -0.05) is 0 Å². The zero-order chi connectivity index (χ0) is 13.7. The lowest BCUT2D eigenvalue weighted by Crippen LogP contribution is -2.47. The Kier molecular flexibility index (Phi) is 4.99. The van der Waals surface area contributed by atoms with Gasteiger partial charge < -0.3 is 15.4 Å². The summed E-state index contributed by atoms with van der Waals surface area (Å²) >= 11 is 0. The molecule has 1 aromatic carbocycles. The number of halogens is 1. The summed E-state index contributed by atoms with van der Waals surface area (Å²) < 4.78 is 18.1. The maximum atomic E-state index is 13.0. The monoisotopic (exact) mass is 267 g/mol. The second-order valence-electron chi connectivity index (χ2n) is 4.88. The standard InChI is InChI=1S/C14H22FN3O/c1-19-10-2-5-17-6-8-18(9-7-17)14-4-3-12(15)11-13(14)16/h3-4,11H,2,5-10,16H2,1H3. The van der Waals surface area contributed by atoms with E-state index in [1.807, 2.05) is 0 Å². The molecular weight excluding hydrogens is 245 g/mol. The van der Waals surface area contributed by atoms with Crippen molar-refractivity contribution in [1.82, 2.24) is 4.90 Å². The van der Waals surface area contributed by atoms with Crippen molar-refractivity contribution in [2.75, 3.05) is 57.1 Å². The van der Waals surface area contributed by atoms with Gasteiger partial charge in [-0.15, -0.1) is 0 Å². The quantitative estimate of drug-likeness (QED) is 0.649. The lowest BCUT2D eigenvalue weighted by atomic mass is 10.2. The number of hydrogen-bond donors (Lipinski definition) is 1. The van der Waals surface area contributed by atoms with E-state index >= 15 is 0 Å². The fourth-order valence-electron chi connectivity index (χ4n) is 2.46. The molecule has 106 valence electrons. The molecule has 0 atom stereocenters. The average Bonchev–Trinajstić information content (AvgIpc) is 2.40. The zero-order valence-electron chi connectivity index (χ0n) is 11.4. The van der Waals surface area contributed by atoms with Gasteiger partial charge in [0.2, 0.25) is 0 Å². The highest BCUT2D eigenvalue weighted by molar-refractivity contribution is 5.67. The minimum atomic E-state index is -0.278. The Labute approximate surface area is 113 Å². The van der Waals surface area contributed by atoms with Gasteiger partial charge in [0, 0.05) is 46.4 Å². The minimum absolute atomic E-state index is 0.278. The van der Waals surface area contributed by atoms with Crippen LogP contribution in [-0.2, 0) is 4.74 Å². The molecule has 1 fully saturated rings. The Balaban J connectivity index is 1.85. The summed E-state index contributed by atoms with van der Waals surface area (Å²) in [5.74, 6) is -0.278. The van der Waals surface area contributed by atoms with Gasteiger partial charge in [0.05, 0.1) is 11.4 Å². The van der Waals surface area contributed by atoms with E-state index in [2.05, 4.69) is 9.80 Å². The number of ether oxygens (including phenoxy) is 1.